The highest BCUT2D eigenvalue weighted by atomic mass is 79.9. The highest BCUT2D eigenvalue weighted by Gasteiger charge is 2.26. The van der Waals surface area contributed by atoms with E-state index in [2.05, 4.69) is 21.2 Å². The van der Waals surface area contributed by atoms with E-state index >= 15 is 0 Å². The maximum absolute atomic E-state index is 12.2. The molecule has 1 N–H and O–H groups in total. The number of carbonyl (C=O) groups is 1. The maximum atomic E-state index is 12.2. The number of sulfonamides is 1. The topological polar surface area (TPSA) is 66.5 Å². The lowest BCUT2D eigenvalue weighted by atomic mass is 10.5. The van der Waals surface area contributed by atoms with Crippen molar-refractivity contribution in [3.8, 4) is 0 Å². The second-order valence-electron chi connectivity index (χ2n) is 3.69. The predicted molar refractivity (Wildman–Crippen MR) is 75.3 cm³/mol. The lowest BCUT2D eigenvalue weighted by Gasteiger charge is -2.16. The van der Waals surface area contributed by atoms with E-state index in [1.54, 1.807) is 19.9 Å². The molecule has 102 valence electrons. The minimum absolute atomic E-state index is 0.178. The molecule has 5 nitrogen and oxygen atoms in total. The van der Waals surface area contributed by atoms with Crippen LogP contribution in [0, 0.1) is 6.92 Å². The van der Waals surface area contributed by atoms with Gasteiger partial charge < -0.3 is 5.32 Å². The monoisotopic (exact) mass is 354 g/mol. The summed E-state index contributed by atoms with van der Waals surface area (Å²) < 4.78 is 26.3. The molecule has 1 heterocycles. The van der Waals surface area contributed by atoms with Gasteiger partial charge in [0.2, 0.25) is 15.9 Å². The molecule has 0 unspecified atom stereocenters. The van der Waals surface area contributed by atoms with Gasteiger partial charge >= 0.3 is 0 Å². The molecule has 0 aliphatic rings. The fraction of sp³-hybridized carbons (Fsp3) is 0.500. The largest absolute Gasteiger partial charge is 0.355 e. The molecular weight excluding hydrogens is 340 g/mol. The first kappa shape index (κ1) is 15.6. The molecule has 1 rings (SSSR count). The first-order valence-corrected chi connectivity index (χ1v) is 8.33. The van der Waals surface area contributed by atoms with Gasteiger partial charge in [0.05, 0.1) is 15.2 Å². The summed E-state index contributed by atoms with van der Waals surface area (Å²) in [7, 11) is -2.21. The molecule has 0 fully saturated rings. The lowest BCUT2D eigenvalue weighted by Crippen LogP contribution is -2.38. The number of aryl methyl sites for hydroxylation is 1. The molecule has 0 aliphatic heterocycles. The number of nitrogens with zero attached hydrogens (tertiary/aromatic N) is 1. The molecule has 0 aromatic carbocycles. The second kappa shape index (κ2) is 6.14. The number of nitrogens with one attached hydrogen (secondary N) is 1. The van der Waals surface area contributed by atoms with Crippen LogP contribution in [0.2, 0.25) is 0 Å². The number of carbonyl (C=O) groups excluding carboxylic acids is 1. The van der Waals surface area contributed by atoms with Crippen LogP contribution in [0.1, 0.15) is 11.8 Å². The van der Waals surface area contributed by atoms with E-state index in [9.17, 15) is 13.2 Å². The van der Waals surface area contributed by atoms with E-state index in [1.165, 1.54) is 18.4 Å². The van der Waals surface area contributed by atoms with Crippen LogP contribution in [0.25, 0.3) is 0 Å². The van der Waals surface area contributed by atoms with Crippen molar-refractivity contribution in [3.63, 3.8) is 0 Å². The number of rotatable bonds is 5. The third-order valence-electron chi connectivity index (χ3n) is 2.27. The Morgan fingerprint density at radius 3 is 2.61 bits per heavy atom. The normalized spacial score (nSPS) is 11.8. The number of halogens is 1. The Balaban J connectivity index is 2.93. The highest BCUT2D eigenvalue weighted by Crippen LogP contribution is 2.30. The summed E-state index contributed by atoms with van der Waals surface area (Å²) in [4.78, 5) is 12.3. The number of amides is 1. The van der Waals surface area contributed by atoms with Crippen molar-refractivity contribution in [2.24, 2.45) is 0 Å². The van der Waals surface area contributed by atoms with Gasteiger partial charge in [0.15, 0.2) is 0 Å². The molecule has 0 bridgehead atoms. The molecule has 0 aliphatic carbocycles. The van der Waals surface area contributed by atoms with Gasteiger partial charge in [0, 0.05) is 18.5 Å². The van der Waals surface area contributed by atoms with E-state index in [0.717, 1.165) is 8.09 Å². The van der Waals surface area contributed by atoms with Crippen LogP contribution in [0.4, 0.5) is 0 Å². The SMILES string of the molecule is CCNC(=O)CN(C)S(=O)(=O)c1cc(Br)sc1C. The Hall–Kier alpha value is -0.440. The highest BCUT2D eigenvalue weighted by molar-refractivity contribution is 9.11. The Morgan fingerprint density at radius 1 is 1.56 bits per heavy atom. The third-order valence-corrected chi connectivity index (χ3v) is 5.88. The van der Waals surface area contributed by atoms with Gasteiger partial charge in [0.1, 0.15) is 0 Å². The summed E-state index contributed by atoms with van der Waals surface area (Å²) in [6.07, 6.45) is 0. The van der Waals surface area contributed by atoms with Gasteiger partial charge in [-0.2, -0.15) is 4.31 Å². The summed E-state index contributed by atoms with van der Waals surface area (Å²) in [5.74, 6) is -0.310. The first-order chi connectivity index (χ1) is 8.28. The zero-order valence-electron chi connectivity index (χ0n) is 10.4. The van der Waals surface area contributed by atoms with Gasteiger partial charge in [-0.1, -0.05) is 0 Å². The van der Waals surface area contributed by atoms with E-state index in [-0.39, 0.29) is 17.3 Å². The van der Waals surface area contributed by atoms with Crippen molar-refractivity contribution >= 4 is 43.2 Å². The second-order valence-corrected chi connectivity index (χ2v) is 8.33. The summed E-state index contributed by atoms with van der Waals surface area (Å²) in [5.41, 5.74) is 0. The van der Waals surface area contributed by atoms with E-state index in [1.807, 2.05) is 0 Å². The molecule has 0 saturated heterocycles. The molecule has 1 amide bonds. The third kappa shape index (κ3) is 3.53. The summed E-state index contributed by atoms with van der Waals surface area (Å²) >= 11 is 4.61. The van der Waals surface area contributed by atoms with Gasteiger partial charge in [0.25, 0.3) is 0 Å². The zero-order valence-corrected chi connectivity index (χ0v) is 13.6. The minimum atomic E-state index is -3.61. The van der Waals surface area contributed by atoms with E-state index in [0.29, 0.717) is 11.4 Å². The van der Waals surface area contributed by atoms with Gasteiger partial charge in [-0.05, 0) is 35.8 Å². The fourth-order valence-electron chi connectivity index (χ4n) is 1.39. The lowest BCUT2D eigenvalue weighted by molar-refractivity contribution is -0.121. The van der Waals surface area contributed by atoms with Gasteiger partial charge in [-0.15, -0.1) is 11.3 Å². The average Bonchev–Trinajstić information content (AvgIpc) is 2.58. The number of hydrogen-bond donors (Lipinski definition) is 1. The van der Waals surface area contributed by atoms with Gasteiger partial charge in [-0.25, -0.2) is 8.42 Å². The van der Waals surface area contributed by atoms with Gasteiger partial charge in [-0.3, -0.25) is 4.79 Å². The maximum Gasteiger partial charge on any atom is 0.244 e. The average molecular weight is 355 g/mol. The van der Waals surface area contributed by atoms with Crippen LogP contribution in [0.15, 0.2) is 14.7 Å². The number of thiophene rings is 1. The van der Waals surface area contributed by atoms with Crippen LogP contribution in [-0.2, 0) is 14.8 Å². The predicted octanol–water partition coefficient (Wildman–Crippen LogP) is 1.58. The van der Waals surface area contributed by atoms with Crippen LogP contribution in [0.3, 0.4) is 0 Å². The molecule has 1 aromatic heterocycles. The summed E-state index contributed by atoms with van der Waals surface area (Å²) in [5, 5.41) is 2.57. The summed E-state index contributed by atoms with van der Waals surface area (Å²) in [6.45, 7) is 3.83. The first-order valence-electron chi connectivity index (χ1n) is 5.28. The smallest absolute Gasteiger partial charge is 0.244 e. The molecule has 0 atom stereocenters. The Morgan fingerprint density at radius 2 is 2.17 bits per heavy atom. The molecular formula is C10H15BrN2O3S2. The fourth-order valence-corrected chi connectivity index (χ4v) is 4.90. The molecule has 0 spiro atoms. The van der Waals surface area contributed by atoms with Crippen LogP contribution in [-0.4, -0.2) is 38.8 Å². The Kier molecular flexibility index (Phi) is 5.32. The van der Waals surface area contributed by atoms with Crippen LogP contribution in [0.5, 0.6) is 0 Å². The van der Waals surface area contributed by atoms with Crippen molar-refractivity contribution < 1.29 is 13.2 Å². The Labute approximate surface area is 119 Å². The van der Waals surface area contributed by atoms with Crippen LogP contribution < -0.4 is 5.32 Å². The molecule has 8 heteroatoms. The molecule has 18 heavy (non-hydrogen) atoms. The van der Waals surface area contributed by atoms with E-state index in [4.69, 9.17) is 0 Å². The summed E-state index contributed by atoms with van der Waals surface area (Å²) in [6, 6.07) is 1.56. The number of hydrogen-bond acceptors (Lipinski definition) is 4. The number of likely N-dealkylation sites (N-methyl/N-ethyl adjacent to an activating group) is 2. The van der Waals surface area contributed by atoms with Crippen molar-refractivity contribution in [2.45, 2.75) is 18.7 Å². The Bertz CT molecular complexity index is 539. The van der Waals surface area contributed by atoms with Crippen molar-refractivity contribution in [1.82, 2.24) is 9.62 Å². The minimum Gasteiger partial charge on any atom is -0.355 e. The standard InChI is InChI=1S/C10H15BrN2O3S2/c1-4-12-10(14)6-13(3)18(15,16)8-5-9(11)17-7(8)2/h5H,4,6H2,1-3H3,(H,12,14). The van der Waals surface area contributed by atoms with Crippen molar-refractivity contribution in [3.05, 3.63) is 14.7 Å². The zero-order chi connectivity index (χ0) is 13.9. The van der Waals surface area contributed by atoms with Crippen molar-refractivity contribution in [2.75, 3.05) is 20.1 Å². The van der Waals surface area contributed by atoms with Crippen molar-refractivity contribution in [1.29, 1.82) is 0 Å². The molecule has 0 saturated carbocycles. The van der Waals surface area contributed by atoms with Crippen LogP contribution >= 0.6 is 27.3 Å². The van der Waals surface area contributed by atoms with E-state index < -0.39 is 10.0 Å². The quantitative estimate of drug-likeness (QED) is 0.872. The molecule has 1 aromatic rings. The molecule has 0 radical (unpaired) electrons.